The molecule has 0 aromatic heterocycles. The Labute approximate surface area is 99.0 Å². The number of hydrogen-bond acceptors (Lipinski definition) is 2. The van der Waals surface area contributed by atoms with Gasteiger partial charge in [-0.05, 0) is 19.2 Å². The van der Waals surface area contributed by atoms with Crippen molar-refractivity contribution in [3.8, 4) is 0 Å². The van der Waals surface area contributed by atoms with Crippen LogP contribution in [0.3, 0.4) is 0 Å². The van der Waals surface area contributed by atoms with Crippen LogP contribution in [0.4, 0.5) is 0 Å². The van der Waals surface area contributed by atoms with Crippen molar-refractivity contribution >= 4 is 0 Å². The van der Waals surface area contributed by atoms with Crippen molar-refractivity contribution < 1.29 is 0 Å². The maximum atomic E-state index is 3.82. The Balaban J connectivity index is 2.84. The van der Waals surface area contributed by atoms with Gasteiger partial charge in [0.15, 0.2) is 0 Å². The molecule has 1 aromatic rings. The Bertz CT molecular complexity index is 295. The summed E-state index contributed by atoms with van der Waals surface area (Å²) in [6, 6.07) is 11.1. The Kier molecular flexibility index (Phi) is 5.83. The van der Waals surface area contributed by atoms with Crippen molar-refractivity contribution in [1.82, 2.24) is 10.2 Å². The van der Waals surface area contributed by atoms with Gasteiger partial charge in [-0.3, -0.25) is 4.90 Å². The van der Waals surface area contributed by atoms with Crippen molar-refractivity contribution in [2.45, 2.75) is 13.0 Å². The molecular formula is C14H22N2. The Morgan fingerprint density at radius 3 is 2.56 bits per heavy atom. The lowest BCUT2D eigenvalue weighted by atomic mass is 10.1. The molecule has 0 bridgehead atoms. The van der Waals surface area contributed by atoms with Crippen LogP contribution in [0.5, 0.6) is 0 Å². The molecule has 0 amide bonds. The summed E-state index contributed by atoms with van der Waals surface area (Å²) in [4.78, 5) is 2.42. The molecule has 1 aromatic carbocycles. The van der Waals surface area contributed by atoms with Crippen LogP contribution in [0.15, 0.2) is 43.0 Å². The zero-order chi connectivity index (χ0) is 11.8. The van der Waals surface area contributed by atoms with E-state index in [0.29, 0.717) is 6.04 Å². The Hall–Kier alpha value is -1.12. The minimum absolute atomic E-state index is 0.425. The second-order valence-corrected chi connectivity index (χ2v) is 3.86. The second-order valence-electron chi connectivity index (χ2n) is 3.86. The van der Waals surface area contributed by atoms with Crippen LogP contribution < -0.4 is 5.32 Å². The van der Waals surface area contributed by atoms with E-state index in [1.165, 1.54) is 5.56 Å². The van der Waals surface area contributed by atoms with Crippen LogP contribution in [-0.2, 0) is 0 Å². The third-order valence-electron chi connectivity index (χ3n) is 2.79. The van der Waals surface area contributed by atoms with Crippen LogP contribution >= 0.6 is 0 Å². The zero-order valence-electron chi connectivity index (χ0n) is 10.3. The fraction of sp³-hybridized carbons (Fsp3) is 0.429. The van der Waals surface area contributed by atoms with Gasteiger partial charge in [-0.2, -0.15) is 0 Å². The quantitative estimate of drug-likeness (QED) is 0.707. The topological polar surface area (TPSA) is 15.3 Å². The Morgan fingerprint density at radius 2 is 2.06 bits per heavy atom. The molecule has 0 aliphatic heterocycles. The van der Waals surface area contributed by atoms with Gasteiger partial charge in [-0.1, -0.05) is 43.3 Å². The summed E-state index contributed by atoms with van der Waals surface area (Å²) in [5, 5.41) is 3.26. The minimum atomic E-state index is 0.425. The van der Waals surface area contributed by atoms with Gasteiger partial charge >= 0.3 is 0 Å². The van der Waals surface area contributed by atoms with Crippen LogP contribution in [0.1, 0.15) is 18.5 Å². The average Bonchev–Trinajstić information content (AvgIpc) is 2.35. The molecule has 0 saturated heterocycles. The smallest absolute Gasteiger partial charge is 0.0475 e. The minimum Gasteiger partial charge on any atom is -0.318 e. The molecular weight excluding hydrogens is 196 g/mol. The molecule has 2 heteroatoms. The third-order valence-corrected chi connectivity index (χ3v) is 2.79. The summed E-state index contributed by atoms with van der Waals surface area (Å²) >= 11 is 0. The first-order valence-corrected chi connectivity index (χ1v) is 5.88. The van der Waals surface area contributed by atoms with Crippen LogP contribution in [0.25, 0.3) is 0 Å². The average molecular weight is 218 g/mol. The number of benzene rings is 1. The monoisotopic (exact) mass is 218 g/mol. The van der Waals surface area contributed by atoms with E-state index in [1.807, 2.05) is 13.1 Å². The predicted octanol–water partition coefficient (Wildman–Crippen LogP) is 2.46. The van der Waals surface area contributed by atoms with E-state index in [2.05, 4.69) is 54.1 Å². The number of hydrogen-bond donors (Lipinski definition) is 1. The molecule has 1 atom stereocenters. The second kappa shape index (κ2) is 7.20. The van der Waals surface area contributed by atoms with Crippen LogP contribution in [0, 0.1) is 0 Å². The number of rotatable bonds is 7. The molecule has 16 heavy (non-hydrogen) atoms. The highest BCUT2D eigenvalue weighted by atomic mass is 15.2. The summed E-state index contributed by atoms with van der Waals surface area (Å²) in [7, 11) is 2.00. The standard InChI is InChI=1S/C14H22N2/c1-4-11-16(5-2)14(12-15-3)13-9-7-6-8-10-13/h4,6-10,14-15H,1,5,11-12H2,2-3H3. The van der Waals surface area contributed by atoms with E-state index in [-0.39, 0.29) is 0 Å². The molecule has 0 fully saturated rings. The molecule has 0 aliphatic carbocycles. The SMILES string of the molecule is C=CCN(CC)C(CNC)c1ccccc1. The molecule has 1 unspecified atom stereocenters. The highest BCUT2D eigenvalue weighted by molar-refractivity contribution is 5.19. The summed E-state index contributed by atoms with van der Waals surface area (Å²) in [6.07, 6.45) is 1.97. The van der Waals surface area contributed by atoms with Crippen LogP contribution in [0.2, 0.25) is 0 Å². The summed E-state index contributed by atoms with van der Waals surface area (Å²) < 4.78 is 0. The maximum Gasteiger partial charge on any atom is 0.0475 e. The first-order valence-electron chi connectivity index (χ1n) is 5.88. The molecule has 1 rings (SSSR count). The zero-order valence-corrected chi connectivity index (χ0v) is 10.3. The summed E-state index contributed by atoms with van der Waals surface area (Å²) in [5.74, 6) is 0. The highest BCUT2D eigenvalue weighted by Gasteiger charge is 2.16. The van der Waals surface area contributed by atoms with Gasteiger partial charge in [-0.15, -0.1) is 6.58 Å². The van der Waals surface area contributed by atoms with E-state index in [9.17, 15) is 0 Å². The lowest BCUT2D eigenvalue weighted by molar-refractivity contribution is 0.228. The van der Waals surface area contributed by atoms with Gasteiger partial charge in [0.05, 0.1) is 0 Å². The van der Waals surface area contributed by atoms with E-state index in [0.717, 1.165) is 19.6 Å². The summed E-state index contributed by atoms with van der Waals surface area (Å²) in [5.41, 5.74) is 1.36. The molecule has 0 saturated carbocycles. The first-order chi connectivity index (χ1) is 7.83. The van der Waals surface area contributed by atoms with E-state index >= 15 is 0 Å². The van der Waals surface area contributed by atoms with Crippen molar-refractivity contribution in [3.63, 3.8) is 0 Å². The number of likely N-dealkylation sites (N-methyl/N-ethyl adjacent to an activating group) is 2. The maximum absolute atomic E-state index is 3.82. The van der Waals surface area contributed by atoms with Gasteiger partial charge in [0.1, 0.15) is 0 Å². The van der Waals surface area contributed by atoms with E-state index in [4.69, 9.17) is 0 Å². The van der Waals surface area contributed by atoms with Crippen LogP contribution in [-0.4, -0.2) is 31.6 Å². The predicted molar refractivity (Wildman–Crippen MR) is 70.6 cm³/mol. The van der Waals surface area contributed by atoms with E-state index in [1.54, 1.807) is 0 Å². The lowest BCUT2D eigenvalue weighted by Crippen LogP contribution is -2.34. The van der Waals surface area contributed by atoms with Gasteiger partial charge < -0.3 is 5.32 Å². The molecule has 88 valence electrons. The van der Waals surface area contributed by atoms with Crippen molar-refractivity contribution in [3.05, 3.63) is 48.6 Å². The summed E-state index contributed by atoms with van der Waals surface area (Å²) in [6.45, 7) is 8.94. The molecule has 0 heterocycles. The van der Waals surface area contributed by atoms with Crippen molar-refractivity contribution in [2.24, 2.45) is 0 Å². The highest BCUT2D eigenvalue weighted by Crippen LogP contribution is 2.19. The first kappa shape index (κ1) is 12.9. The van der Waals surface area contributed by atoms with Gasteiger partial charge in [0.2, 0.25) is 0 Å². The fourth-order valence-corrected chi connectivity index (χ4v) is 1.97. The van der Waals surface area contributed by atoms with Gasteiger partial charge in [0, 0.05) is 19.1 Å². The molecule has 0 aliphatic rings. The van der Waals surface area contributed by atoms with Crippen molar-refractivity contribution in [2.75, 3.05) is 26.7 Å². The Morgan fingerprint density at radius 1 is 1.38 bits per heavy atom. The molecule has 1 N–H and O–H groups in total. The molecule has 2 nitrogen and oxygen atoms in total. The van der Waals surface area contributed by atoms with Gasteiger partial charge in [-0.25, -0.2) is 0 Å². The molecule has 0 radical (unpaired) electrons. The lowest BCUT2D eigenvalue weighted by Gasteiger charge is -2.30. The largest absolute Gasteiger partial charge is 0.318 e. The fourth-order valence-electron chi connectivity index (χ4n) is 1.97. The number of nitrogens with zero attached hydrogens (tertiary/aromatic N) is 1. The number of nitrogens with one attached hydrogen (secondary N) is 1. The van der Waals surface area contributed by atoms with Crippen molar-refractivity contribution in [1.29, 1.82) is 0 Å². The van der Waals surface area contributed by atoms with Gasteiger partial charge in [0.25, 0.3) is 0 Å². The normalized spacial score (nSPS) is 12.7. The molecule has 0 spiro atoms. The van der Waals surface area contributed by atoms with E-state index < -0.39 is 0 Å². The third kappa shape index (κ3) is 3.47.